The number of nitrogens with zero attached hydrogens (tertiary/aromatic N) is 1. The van der Waals surface area contributed by atoms with Crippen LogP contribution in [0.3, 0.4) is 0 Å². The third kappa shape index (κ3) is 4.09. The van der Waals surface area contributed by atoms with Crippen LogP contribution in [0, 0.1) is 5.92 Å². The van der Waals surface area contributed by atoms with Gasteiger partial charge >= 0.3 is 12.0 Å². The number of carboxylic acids is 1. The van der Waals surface area contributed by atoms with Gasteiger partial charge in [0.2, 0.25) is 0 Å². The first-order valence-corrected chi connectivity index (χ1v) is 7.06. The molecule has 2 unspecified atom stereocenters. The molecule has 0 aliphatic carbocycles. The molecule has 0 aromatic heterocycles. The first kappa shape index (κ1) is 14.1. The Morgan fingerprint density at radius 1 is 1.37 bits per heavy atom. The number of piperidine rings is 3. The molecule has 0 aromatic carbocycles. The molecule has 3 aliphatic rings. The lowest BCUT2D eigenvalue weighted by molar-refractivity contribution is -0.137. The zero-order chi connectivity index (χ0) is 13.8. The number of hydrogen-bond donors (Lipinski definition) is 3. The summed E-state index contributed by atoms with van der Waals surface area (Å²) in [7, 11) is 0. The number of rotatable bonds is 5. The Hall–Kier alpha value is -1.30. The molecule has 19 heavy (non-hydrogen) atoms. The normalized spacial score (nSPS) is 30.7. The lowest BCUT2D eigenvalue weighted by atomic mass is 9.84. The van der Waals surface area contributed by atoms with Gasteiger partial charge in [0.05, 0.1) is 0 Å². The highest BCUT2D eigenvalue weighted by Crippen LogP contribution is 2.27. The quantitative estimate of drug-likeness (QED) is 0.684. The van der Waals surface area contributed by atoms with Crippen LogP contribution in [-0.4, -0.2) is 53.7 Å². The molecule has 2 amide bonds. The van der Waals surface area contributed by atoms with Gasteiger partial charge in [0.1, 0.15) is 0 Å². The highest BCUT2D eigenvalue weighted by molar-refractivity contribution is 5.74. The molecule has 3 N–H and O–H groups in total. The number of nitrogens with one attached hydrogen (secondary N) is 2. The van der Waals surface area contributed by atoms with Crippen molar-refractivity contribution in [1.29, 1.82) is 0 Å². The highest BCUT2D eigenvalue weighted by atomic mass is 16.4. The predicted molar refractivity (Wildman–Crippen MR) is 71.0 cm³/mol. The summed E-state index contributed by atoms with van der Waals surface area (Å²) < 4.78 is 0. The zero-order valence-electron chi connectivity index (χ0n) is 11.4. The average molecular weight is 269 g/mol. The van der Waals surface area contributed by atoms with Crippen LogP contribution in [0.2, 0.25) is 0 Å². The van der Waals surface area contributed by atoms with Crippen LogP contribution in [0.1, 0.15) is 32.6 Å². The van der Waals surface area contributed by atoms with Gasteiger partial charge in [-0.05, 0) is 45.2 Å². The van der Waals surface area contributed by atoms with Crippen LogP contribution in [0.25, 0.3) is 0 Å². The number of carbonyl (C=O) groups excluding carboxylic acids is 1. The van der Waals surface area contributed by atoms with E-state index in [1.54, 1.807) is 0 Å². The molecular formula is C13H23N3O3. The van der Waals surface area contributed by atoms with Crippen LogP contribution >= 0.6 is 0 Å². The number of amides is 2. The van der Waals surface area contributed by atoms with Crippen molar-refractivity contribution < 1.29 is 14.7 Å². The maximum atomic E-state index is 11.9. The topological polar surface area (TPSA) is 81.7 Å². The van der Waals surface area contributed by atoms with Gasteiger partial charge < -0.3 is 20.6 Å². The summed E-state index contributed by atoms with van der Waals surface area (Å²) in [5, 5.41) is 14.4. The van der Waals surface area contributed by atoms with Crippen molar-refractivity contribution in [2.45, 2.75) is 44.7 Å². The summed E-state index contributed by atoms with van der Waals surface area (Å²) in [6.07, 6.45) is 2.88. The summed E-state index contributed by atoms with van der Waals surface area (Å²) in [6, 6.07) is -0.0389. The standard InChI is InChI=1S/C13H23N3O3/c1-9(2-3-12(17)18)14-13(19)15-11-8-16-6-4-10(11)5-7-16/h9-11H,2-8H2,1H3,(H,17,18)(H2,14,15,19). The minimum Gasteiger partial charge on any atom is -0.481 e. The molecule has 3 saturated heterocycles. The molecule has 0 saturated carbocycles. The van der Waals surface area contributed by atoms with Crippen molar-refractivity contribution in [2.75, 3.05) is 19.6 Å². The van der Waals surface area contributed by atoms with Crippen molar-refractivity contribution in [2.24, 2.45) is 5.92 Å². The van der Waals surface area contributed by atoms with Crippen LogP contribution in [-0.2, 0) is 4.79 Å². The fraction of sp³-hybridized carbons (Fsp3) is 0.846. The predicted octanol–water partition coefficient (Wildman–Crippen LogP) is 0.633. The fourth-order valence-electron chi connectivity index (χ4n) is 2.97. The van der Waals surface area contributed by atoms with Crippen LogP contribution in [0.5, 0.6) is 0 Å². The van der Waals surface area contributed by atoms with Crippen molar-refractivity contribution in [3.63, 3.8) is 0 Å². The van der Waals surface area contributed by atoms with Gasteiger partial charge in [0, 0.05) is 25.0 Å². The molecule has 108 valence electrons. The van der Waals surface area contributed by atoms with Crippen molar-refractivity contribution >= 4 is 12.0 Å². The Labute approximate surface area is 113 Å². The van der Waals surface area contributed by atoms with Crippen LogP contribution in [0.4, 0.5) is 4.79 Å². The Morgan fingerprint density at radius 3 is 2.58 bits per heavy atom. The summed E-state index contributed by atoms with van der Waals surface area (Å²) >= 11 is 0. The molecule has 3 aliphatic heterocycles. The highest BCUT2D eigenvalue weighted by Gasteiger charge is 2.34. The minimum absolute atomic E-state index is 0.0846. The number of carbonyl (C=O) groups is 2. The maximum absolute atomic E-state index is 11.9. The Balaban J connectivity index is 1.70. The lowest BCUT2D eigenvalue weighted by Gasteiger charge is -2.44. The van der Waals surface area contributed by atoms with Gasteiger partial charge in [0.25, 0.3) is 0 Å². The molecule has 3 fully saturated rings. The summed E-state index contributed by atoms with van der Waals surface area (Å²) in [5.74, 6) is -0.225. The second kappa shape index (κ2) is 6.23. The van der Waals surface area contributed by atoms with Gasteiger partial charge in [-0.15, -0.1) is 0 Å². The third-order valence-corrected chi connectivity index (χ3v) is 4.14. The van der Waals surface area contributed by atoms with E-state index in [-0.39, 0.29) is 24.5 Å². The molecule has 0 radical (unpaired) electrons. The molecule has 6 nitrogen and oxygen atoms in total. The monoisotopic (exact) mass is 269 g/mol. The molecule has 3 rings (SSSR count). The van der Waals surface area contributed by atoms with Gasteiger partial charge in [-0.25, -0.2) is 4.79 Å². The lowest BCUT2D eigenvalue weighted by Crippen LogP contribution is -2.59. The Bertz CT molecular complexity index is 340. The number of hydrogen-bond acceptors (Lipinski definition) is 3. The molecule has 2 bridgehead atoms. The first-order chi connectivity index (χ1) is 9.04. The van der Waals surface area contributed by atoms with E-state index in [4.69, 9.17) is 5.11 Å². The summed E-state index contributed by atoms with van der Waals surface area (Å²) in [5.41, 5.74) is 0. The second-order valence-corrected chi connectivity index (χ2v) is 5.70. The van der Waals surface area contributed by atoms with E-state index in [1.807, 2.05) is 6.92 Å². The molecular weight excluding hydrogens is 246 g/mol. The van der Waals surface area contributed by atoms with Gasteiger partial charge in [-0.1, -0.05) is 0 Å². The smallest absolute Gasteiger partial charge is 0.315 e. The molecule has 0 spiro atoms. The van der Waals surface area contributed by atoms with E-state index >= 15 is 0 Å². The summed E-state index contributed by atoms with van der Waals surface area (Å²) in [6.45, 7) is 5.08. The van der Waals surface area contributed by atoms with E-state index in [0.29, 0.717) is 12.3 Å². The first-order valence-electron chi connectivity index (χ1n) is 7.06. The second-order valence-electron chi connectivity index (χ2n) is 5.70. The number of aliphatic carboxylic acids is 1. The number of carboxylic acid groups (broad SMARTS) is 1. The zero-order valence-corrected chi connectivity index (χ0v) is 11.4. The van der Waals surface area contributed by atoms with Crippen molar-refractivity contribution in [3.8, 4) is 0 Å². The van der Waals surface area contributed by atoms with E-state index in [2.05, 4.69) is 15.5 Å². The van der Waals surface area contributed by atoms with Gasteiger partial charge in [-0.3, -0.25) is 4.79 Å². The number of urea groups is 1. The molecule has 3 heterocycles. The van der Waals surface area contributed by atoms with E-state index in [1.165, 1.54) is 12.8 Å². The van der Waals surface area contributed by atoms with Crippen molar-refractivity contribution in [1.82, 2.24) is 15.5 Å². The molecule has 0 aromatic rings. The van der Waals surface area contributed by atoms with E-state index in [0.717, 1.165) is 19.6 Å². The largest absolute Gasteiger partial charge is 0.481 e. The van der Waals surface area contributed by atoms with Crippen LogP contribution in [0.15, 0.2) is 0 Å². The number of fused-ring (bicyclic) bond motifs is 3. The van der Waals surface area contributed by atoms with Crippen molar-refractivity contribution in [3.05, 3.63) is 0 Å². The van der Waals surface area contributed by atoms with E-state index < -0.39 is 5.97 Å². The maximum Gasteiger partial charge on any atom is 0.315 e. The Morgan fingerprint density at radius 2 is 2.05 bits per heavy atom. The third-order valence-electron chi connectivity index (χ3n) is 4.14. The van der Waals surface area contributed by atoms with Gasteiger partial charge in [-0.2, -0.15) is 0 Å². The molecule has 2 atom stereocenters. The van der Waals surface area contributed by atoms with E-state index in [9.17, 15) is 9.59 Å². The van der Waals surface area contributed by atoms with Gasteiger partial charge in [0.15, 0.2) is 0 Å². The fourth-order valence-corrected chi connectivity index (χ4v) is 2.97. The van der Waals surface area contributed by atoms with Crippen LogP contribution < -0.4 is 10.6 Å². The summed E-state index contributed by atoms with van der Waals surface area (Å²) in [4.78, 5) is 24.7. The minimum atomic E-state index is -0.827. The average Bonchev–Trinajstić information content (AvgIpc) is 2.37. The SMILES string of the molecule is CC(CCC(=O)O)NC(=O)NC1CN2CCC1CC2. The Kier molecular flexibility index (Phi) is 4.63. The molecule has 6 heteroatoms.